The van der Waals surface area contributed by atoms with Crippen LogP contribution in [0.5, 0.6) is 5.75 Å². The van der Waals surface area contributed by atoms with Gasteiger partial charge in [0.2, 0.25) is 0 Å². The van der Waals surface area contributed by atoms with Gasteiger partial charge in [-0.1, -0.05) is 33.1 Å². The Morgan fingerprint density at radius 3 is 2.65 bits per heavy atom. The lowest BCUT2D eigenvalue weighted by atomic mass is 10.0. The molecular weight excluding hydrogens is 215 g/mol. The van der Waals surface area contributed by atoms with Gasteiger partial charge >= 0.3 is 0 Å². The predicted octanol–water partition coefficient (Wildman–Crippen LogP) is 4.73. The van der Waals surface area contributed by atoms with Crippen molar-refractivity contribution in [2.45, 2.75) is 46.5 Å². The van der Waals surface area contributed by atoms with Gasteiger partial charge in [-0.2, -0.15) is 0 Å². The molecule has 0 fully saturated rings. The van der Waals surface area contributed by atoms with E-state index in [4.69, 9.17) is 4.74 Å². The summed E-state index contributed by atoms with van der Waals surface area (Å²) in [5.74, 6) is 1.22. The largest absolute Gasteiger partial charge is 0.493 e. The predicted molar refractivity (Wildman–Crippen MR) is 69.9 cm³/mol. The molecule has 0 bridgehead atoms. The highest BCUT2D eigenvalue weighted by atomic mass is 19.1. The lowest BCUT2D eigenvalue weighted by Crippen LogP contribution is -2.11. The van der Waals surface area contributed by atoms with Crippen molar-refractivity contribution in [2.24, 2.45) is 5.92 Å². The molecule has 0 aliphatic rings. The van der Waals surface area contributed by atoms with E-state index >= 15 is 0 Å². The van der Waals surface area contributed by atoms with Crippen LogP contribution in [0.1, 0.15) is 45.1 Å². The van der Waals surface area contributed by atoms with E-state index in [0.29, 0.717) is 11.5 Å². The Hall–Kier alpha value is -1.05. The molecule has 0 aliphatic heterocycles. The van der Waals surface area contributed by atoms with Gasteiger partial charge in [0.15, 0.2) is 0 Å². The van der Waals surface area contributed by atoms with Crippen LogP contribution < -0.4 is 4.74 Å². The van der Waals surface area contributed by atoms with Crippen LogP contribution in [0.2, 0.25) is 0 Å². The van der Waals surface area contributed by atoms with E-state index in [-0.39, 0.29) is 5.82 Å². The van der Waals surface area contributed by atoms with E-state index in [1.54, 1.807) is 19.1 Å². The summed E-state index contributed by atoms with van der Waals surface area (Å²) in [6, 6.07) is 4.94. The van der Waals surface area contributed by atoms with Gasteiger partial charge in [0.1, 0.15) is 11.6 Å². The molecule has 0 N–H and O–H groups in total. The maximum Gasteiger partial charge on any atom is 0.126 e. The fourth-order valence-electron chi connectivity index (χ4n) is 1.82. The van der Waals surface area contributed by atoms with Crippen molar-refractivity contribution >= 4 is 0 Å². The lowest BCUT2D eigenvalue weighted by Gasteiger charge is -2.15. The average Bonchev–Trinajstić information content (AvgIpc) is 2.34. The zero-order chi connectivity index (χ0) is 12.7. The highest BCUT2D eigenvalue weighted by molar-refractivity contribution is 5.28. The SMILES string of the molecule is CCCCC(CC)COc1ccc(F)c(C)c1. The van der Waals surface area contributed by atoms with Crippen LogP contribution >= 0.6 is 0 Å². The zero-order valence-corrected chi connectivity index (χ0v) is 11.1. The molecule has 0 radical (unpaired) electrons. The molecule has 96 valence electrons. The number of hydrogen-bond acceptors (Lipinski definition) is 1. The first-order valence-corrected chi connectivity index (χ1v) is 6.56. The zero-order valence-electron chi connectivity index (χ0n) is 11.1. The van der Waals surface area contributed by atoms with Crippen molar-refractivity contribution in [3.63, 3.8) is 0 Å². The number of aryl methyl sites for hydroxylation is 1. The second-order valence-corrected chi connectivity index (χ2v) is 4.64. The lowest BCUT2D eigenvalue weighted by molar-refractivity contribution is 0.233. The van der Waals surface area contributed by atoms with Crippen LogP contribution in [-0.2, 0) is 0 Å². The third-order valence-corrected chi connectivity index (χ3v) is 3.16. The minimum atomic E-state index is -0.171. The standard InChI is InChI=1S/C15H23FO/c1-4-6-7-13(5-2)11-17-14-8-9-15(16)12(3)10-14/h8-10,13H,4-7,11H2,1-3H3. The maximum atomic E-state index is 13.1. The van der Waals surface area contributed by atoms with Crippen molar-refractivity contribution in [3.8, 4) is 5.75 Å². The van der Waals surface area contributed by atoms with Gasteiger partial charge in [0.05, 0.1) is 6.61 Å². The fourth-order valence-corrected chi connectivity index (χ4v) is 1.82. The van der Waals surface area contributed by atoms with Gasteiger partial charge in [0.25, 0.3) is 0 Å². The third-order valence-electron chi connectivity index (χ3n) is 3.16. The molecule has 0 heterocycles. The first kappa shape index (κ1) is 14.0. The highest BCUT2D eigenvalue weighted by Gasteiger charge is 2.07. The van der Waals surface area contributed by atoms with Gasteiger partial charge in [-0.25, -0.2) is 4.39 Å². The summed E-state index contributed by atoms with van der Waals surface area (Å²) in [4.78, 5) is 0. The van der Waals surface area contributed by atoms with Crippen LogP contribution in [0.4, 0.5) is 4.39 Å². The molecule has 0 aliphatic carbocycles. The number of unbranched alkanes of at least 4 members (excludes halogenated alkanes) is 1. The van der Waals surface area contributed by atoms with Crippen LogP contribution in [0.3, 0.4) is 0 Å². The normalized spacial score (nSPS) is 12.5. The van der Waals surface area contributed by atoms with E-state index in [9.17, 15) is 4.39 Å². The van der Waals surface area contributed by atoms with Crippen molar-refractivity contribution < 1.29 is 9.13 Å². The molecule has 1 aromatic carbocycles. The van der Waals surface area contributed by atoms with Gasteiger partial charge in [0, 0.05) is 0 Å². The number of halogens is 1. The second-order valence-electron chi connectivity index (χ2n) is 4.64. The van der Waals surface area contributed by atoms with Crippen molar-refractivity contribution in [1.29, 1.82) is 0 Å². The van der Waals surface area contributed by atoms with Gasteiger partial charge < -0.3 is 4.74 Å². The average molecular weight is 238 g/mol. The molecule has 1 unspecified atom stereocenters. The summed E-state index contributed by atoms with van der Waals surface area (Å²) in [5.41, 5.74) is 0.643. The number of hydrogen-bond donors (Lipinski definition) is 0. The Labute approximate surface area is 104 Å². The Kier molecular flexibility index (Phi) is 6.03. The van der Waals surface area contributed by atoms with Gasteiger partial charge in [-0.05, 0) is 43.0 Å². The van der Waals surface area contributed by atoms with E-state index in [2.05, 4.69) is 13.8 Å². The minimum Gasteiger partial charge on any atom is -0.493 e. The highest BCUT2D eigenvalue weighted by Crippen LogP contribution is 2.19. The van der Waals surface area contributed by atoms with Crippen molar-refractivity contribution in [3.05, 3.63) is 29.6 Å². The van der Waals surface area contributed by atoms with E-state index < -0.39 is 0 Å². The molecule has 1 atom stereocenters. The van der Waals surface area contributed by atoms with Gasteiger partial charge in [-0.3, -0.25) is 0 Å². The summed E-state index contributed by atoms with van der Waals surface area (Å²) in [5, 5.41) is 0. The molecule has 0 aromatic heterocycles. The molecule has 2 heteroatoms. The topological polar surface area (TPSA) is 9.23 Å². The Morgan fingerprint density at radius 2 is 2.06 bits per heavy atom. The molecule has 0 saturated heterocycles. The number of ether oxygens (including phenoxy) is 1. The molecule has 0 spiro atoms. The van der Waals surface area contributed by atoms with Crippen LogP contribution in [0, 0.1) is 18.7 Å². The maximum absolute atomic E-state index is 13.1. The summed E-state index contributed by atoms with van der Waals surface area (Å²) in [7, 11) is 0. The molecular formula is C15H23FO. The van der Waals surface area contributed by atoms with E-state index in [1.807, 2.05) is 0 Å². The van der Waals surface area contributed by atoms with Crippen LogP contribution in [-0.4, -0.2) is 6.61 Å². The third kappa shape index (κ3) is 4.76. The second kappa shape index (κ2) is 7.31. The number of rotatable bonds is 7. The molecule has 0 saturated carbocycles. The van der Waals surface area contributed by atoms with Gasteiger partial charge in [-0.15, -0.1) is 0 Å². The molecule has 17 heavy (non-hydrogen) atoms. The quantitative estimate of drug-likeness (QED) is 0.667. The Morgan fingerprint density at radius 1 is 1.29 bits per heavy atom. The number of benzene rings is 1. The van der Waals surface area contributed by atoms with Crippen LogP contribution in [0.25, 0.3) is 0 Å². The van der Waals surface area contributed by atoms with Crippen LogP contribution in [0.15, 0.2) is 18.2 Å². The first-order valence-electron chi connectivity index (χ1n) is 6.56. The molecule has 1 nitrogen and oxygen atoms in total. The Bertz CT molecular complexity index is 336. The van der Waals surface area contributed by atoms with E-state index in [1.165, 1.54) is 25.3 Å². The summed E-state index contributed by atoms with van der Waals surface area (Å²) < 4.78 is 18.8. The fraction of sp³-hybridized carbons (Fsp3) is 0.600. The Balaban J connectivity index is 2.45. The molecule has 0 amide bonds. The summed E-state index contributed by atoms with van der Waals surface area (Å²) >= 11 is 0. The van der Waals surface area contributed by atoms with Crippen molar-refractivity contribution in [2.75, 3.05) is 6.61 Å². The smallest absolute Gasteiger partial charge is 0.126 e. The summed E-state index contributed by atoms with van der Waals surface area (Å²) in [6.45, 7) is 6.90. The van der Waals surface area contributed by atoms with E-state index in [0.717, 1.165) is 18.8 Å². The summed E-state index contributed by atoms with van der Waals surface area (Å²) in [6.07, 6.45) is 4.84. The molecule has 1 aromatic rings. The first-order chi connectivity index (χ1) is 8.17. The van der Waals surface area contributed by atoms with Crippen molar-refractivity contribution in [1.82, 2.24) is 0 Å². The minimum absolute atomic E-state index is 0.171. The molecule has 1 rings (SSSR count). The monoisotopic (exact) mass is 238 g/mol.